The highest BCUT2D eigenvalue weighted by atomic mass is 16.3. The molecule has 16 heavy (non-hydrogen) atoms. The summed E-state index contributed by atoms with van der Waals surface area (Å²) in [5.74, 6) is 1.81. The lowest BCUT2D eigenvalue weighted by Crippen LogP contribution is -2.32. The van der Waals surface area contributed by atoms with Crippen LogP contribution in [-0.2, 0) is 0 Å². The molecule has 0 saturated carbocycles. The number of anilines is 2. The van der Waals surface area contributed by atoms with Crippen LogP contribution in [0.5, 0.6) is 0 Å². The summed E-state index contributed by atoms with van der Waals surface area (Å²) in [4.78, 5) is 12.6. The van der Waals surface area contributed by atoms with E-state index in [1.165, 1.54) is 0 Å². The molecule has 1 unspecified atom stereocenters. The Kier molecular flexibility index (Phi) is 3.24. The fourth-order valence-corrected chi connectivity index (χ4v) is 2.07. The minimum atomic E-state index is 0.196. The molecule has 0 bridgehead atoms. The molecule has 1 aliphatic rings. The number of aliphatic hydroxyl groups excluding tert-OH is 1. The zero-order chi connectivity index (χ0) is 11.5. The van der Waals surface area contributed by atoms with Gasteiger partial charge in [-0.3, -0.25) is 0 Å². The van der Waals surface area contributed by atoms with E-state index in [-0.39, 0.29) is 12.6 Å². The van der Waals surface area contributed by atoms with Gasteiger partial charge in [0.05, 0.1) is 12.6 Å². The van der Waals surface area contributed by atoms with Crippen molar-refractivity contribution < 1.29 is 5.11 Å². The largest absolute Gasteiger partial charge is 0.394 e. The molecule has 2 heterocycles. The third-order valence-corrected chi connectivity index (χ3v) is 2.98. The van der Waals surface area contributed by atoms with Crippen molar-refractivity contribution in [2.75, 3.05) is 37.0 Å². The van der Waals surface area contributed by atoms with Crippen LogP contribution >= 0.6 is 0 Å². The molecule has 1 aromatic rings. The summed E-state index contributed by atoms with van der Waals surface area (Å²) in [6.45, 7) is 1.16. The lowest BCUT2D eigenvalue weighted by molar-refractivity contribution is 0.266. The van der Waals surface area contributed by atoms with Gasteiger partial charge in [-0.15, -0.1) is 0 Å². The summed E-state index contributed by atoms with van der Waals surface area (Å²) in [7, 11) is 3.92. The van der Waals surface area contributed by atoms with E-state index in [9.17, 15) is 5.11 Å². The first-order valence-corrected chi connectivity index (χ1v) is 5.59. The molecule has 5 nitrogen and oxygen atoms in total. The molecule has 1 fully saturated rings. The van der Waals surface area contributed by atoms with Crippen LogP contribution in [0.2, 0.25) is 0 Å². The maximum absolute atomic E-state index is 9.28. The smallest absolute Gasteiger partial charge is 0.134 e. The second kappa shape index (κ2) is 4.65. The van der Waals surface area contributed by atoms with E-state index in [0.29, 0.717) is 0 Å². The van der Waals surface area contributed by atoms with Crippen molar-refractivity contribution in [3.8, 4) is 0 Å². The molecular weight excluding hydrogens is 204 g/mol. The number of nitrogens with zero attached hydrogens (tertiary/aromatic N) is 4. The Balaban J connectivity index is 2.22. The molecule has 0 radical (unpaired) electrons. The molecule has 1 aromatic heterocycles. The SMILES string of the molecule is CN(C)c1cc(N2CCCC2CO)ncn1. The predicted molar refractivity (Wildman–Crippen MR) is 63.8 cm³/mol. The van der Waals surface area contributed by atoms with Gasteiger partial charge in [0, 0.05) is 26.7 Å². The molecule has 0 aromatic carbocycles. The summed E-state index contributed by atoms with van der Waals surface area (Å²) >= 11 is 0. The van der Waals surface area contributed by atoms with Gasteiger partial charge in [-0.1, -0.05) is 0 Å². The molecular formula is C11H18N4O. The normalized spacial score (nSPS) is 20.2. The Morgan fingerprint density at radius 1 is 1.50 bits per heavy atom. The lowest BCUT2D eigenvalue weighted by Gasteiger charge is -2.24. The van der Waals surface area contributed by atoms with Crippen LogP contribution in [0.15, 0.2) is 12.4 Å². The maximum atomic E-state index is 9.28. The summed E-state index contributed by atoms with van der Waals surface area (Å²) < 4.78 is 0. The van der Waals surface area contributed by atoms with Gasteiger partial charge in [0.1, 0.15) is 18.0 Å². The van der Waals surface area contributed by atoms with E-state index < -0.39 is 0 Å². The first kappa shape index (κ1) is 11.1. The number of hydrogen-bond donors (Lipinski definition) is 1. The molecule has 1 aliphatic heterocycles. The predicted octanol–water partition coefficient (Wildman–Crippen LogP) is 0.504. The van der Waals surface area contributed by atoms with Crippen molar-refractivity contribution in [3.05, 3.63) is 12.4 Å². The molecule has 88 valence electrons. The molecule has 5 heteroatoms. The Labute approximate surface area is 95.7 Å². The van der Waals surface area contributed by atoms with Crippen LogP contribution in [0.4, 0.5) is 11.6 Å². The van der Waals surface area contributed by atoms with E-state index in [4.69, 9.17) is 0 Å². The maximum Gasteiger partial charge on any atom is 0.134 e. The van der Waals surface area contributed by atoms with Crippen molar-refractivity contribution in [1.82, 2.24) is 9.97 Å². The Morgan fingerprint density at radius 3 is 3.00 bits per heavy atom. The van der Waals surface area contributed by atoms with Crippen LogP contribution in [0.1, 0.15) is 12.8 Å². The van der Waals surface area contributed by atoms with Crippen molar-refractivity contribution >= 4 is 11.6 Å². The van der Waals surface area contributed by atoms with Gasteiger partial charge in [0.2, 0.25) is 0 Å². The molecule has 1 N–H and O–H groups in total. The quantitative estimate of drug-likeness (QED) is 0.807. The summed E-state index contributed by atoms with van der Waals surface area (Å²) in [5, 5.41) is 9.28. The van der Waals surface area contributed by atoms with Gasteiger partial charge < -0.3 is 14.9 Å². The first-order valence-electron chi connectivity index (χ1n) is 5.59. The van der Waals surface area contributed by atoms with Crippen LogP contribution in [0.3, 0.4) is 0 Å². The van der Waals surface area contributed by atoms with Crippen LogP contribution in [0.25, 0.3) is 0 Å². The number of rotatable bonds is 3. The second-order valence-electron chi connectivity index (χ2n) is 4.30. The van der Waals surface area contributed by atoms with Crippen LogP contribution in [0, 0.1) is 0 Å². The fraction of sp³-hybridized carbons (Fsp3) is 0.636. The van der Waals surface area contributed by atoms with E-state index in [1.54, 1.807) is 6.33 Å². The fourth-order valence-electron chi connectivity index (χ4n) is 2.07. The van der Waals surface area contributed by atoms with Crippen molar-refractivity contribution in [2.45, 2.75) is 18.9 Å². The third kappa shape index (κ3) is 2.09. The van der Waals surface area contributed by atoms with Crippen molar-refractivity contribution in [2.24, 2.45) is 0 Å². The van der Waals surface area contributed by atoms with Gasteiger partial charge in [-0.2, -0.15) is 0 Å². The molecule has 0 amide bonds. The van der Waals surface area contributed by atoms with E-state index in [0.717, 1.165) is 31.0 Å². The second-order valence-corrected chi connectivity index (χ2v) is 4.30. The van der Waals surface area contributed by atoms with E-state index >= 15 is 0 Å². The standard InChI is InChI=1S/C11H18N4O/c1-14(2)10-6-11(13-8-12-10)15-5-3-4-9(15)7-16/h6,8-9,16H,3-5,7H2,1-2H3. The topological polar surface area (TPSA) is 52.5 Å². The zero-order valence-corrected chi connectivity index (χ0v) is 9.80. The van der Waals surface area contributed by atoms with E-state index in [1.807, 2.05) is 25.1 Å². The minimum Gasteiger partial charge on any atom is -0.394 e. The van der Waals surface area contributed by atoms with Gasteiger partial charge in [0.15, 0.2) is 0 Å². The van der Waals surface area contributed by atoms with Gasteiger partial charge >= 0.3 is 0 Å². The molecule has 1 atom stereocenters. The summed E-state index contributed by atoms with van der Waals surface area (Å²) in [6.07, 6.45) is 3.74. The number of hydrogen-bond acceptors (Lipinski definition) is 5. The average molecular weight is 222 g/mol. The van der Waals surface area contributed by atoms with Gasteiger partial charge in [-0.05, 0) is 12.8 Å². The highest BCUT2D eigenvalue weighted by molar-refractivity contribution is 5.50. The van der Waals surface area contributed by atoms with Crippen molar-refractivity contribution in [3.63, 3.8) is 0 Å². The Morgan fingerprint density at radius 2 is 2.31 bits per heavy atom. The number of aromatic nitrogens is 2. The third-order valence-electron chi connectivity index (χ3n) is 2.98. The zero-order valence-electron chi connectivity index (χ0n) is 9.80. The molecule has 0 spiro atoms. The molecule has 1 saturated heterocycles. The lowest BCUT2D eigenvalue weighted by atomic mass is 10.2. The number of aliphatic hydroxyl groups is 1. The monoisotopic (exact) mass is 222 g/mol. The first-order chi connectivity index (χ1) is 7.72. The summed E-state index contributed by atoms with van der Waals surface area (Å²) in [6, 6.07) is 2.18. The van der Waals surface area contributed by atoms with Crippen LogP contribution < -0.4 is 9.80 Å². The summed E-state index contributed by atoms with van der Waals surface area (Å²) in [5.41, 5.74) is 0. The highest BCUT2D eigenvalue weighted by Crippen LogP contribution is 2.24. The van der Waals surface area contributed by atoms with E-state index in [2.05, 4.69) is 14.9 Å². The average Bonchev–Trinajstić information content (AvgIpc) is 2.77. The highest BCUT2D eigenvalue weighted by Gasteiger charge is 2.25. The van der Waals surface area contributed by atoms with Gasteiger partial charge in [0.25, 0.3) is 0 Å². The Bertz CT molecular complexity index is 356. The van der Waals surface area contributed by atoms with Gasteiger partial charge in [-0.25, -0.2) is 9.97 Å². The Hall–Kier alpha value is -1.36. The molecule has 0 aliphatic carbocycles. The van der Waals surface area contributed by atoms with Crippen LogP contribution in [-0.4, -0.2) is 48.4 Å². The molecule has 2 rings (SSSR count). The van der Waals surface area contributed by atoms with Crippen molar-refractivity contribution in [1.29, 1.82) is 0 Å². The minimum absolute atomic E-state index is 0.196.